The summed E-state index contributed by atoms with van der Waals surface area (Å²) < 4.78 is 5.62. The maximum Gasteiger partial charge on any atom is 0.234 e. The van der Waals surface area contributed by atoms with E-state index in [0.29, 0.717) is 17.6 Å². The second-order valence-corrected chi connectivity index (χ2v) is 7.23. The fourth-order valence-corrected chi connectivity index (χ4v) is 4.25. The Kier molecular flexibility index (Phi) is 3.77. The number of rotatable bonds is 3. The van der Waals surface area contributed by atoms with Gasteiger partial charge in [0.1, 0.15) is 5.82 Å². The Labute approximate surface area is 141 Å². The summed E-state index contributed by atoms with van der Waals surface area (Å²) in [4.78, 5) is 13.6. The van der Waals surface area contributed by atoms with Crippen molar-refractivity contribution in [3.05, 3.63) is 35.6 Å². The van der Waals surface area contributed by atoms with Crippen molar-refractivity contribution in [2.45, 2.75) is 25.3 Å². The highest BCUT2D eigenvalue weighted by molar-refractivity contribution is 5.38. The predicted molar refractivity (Wildman–Crippen MR) is 90.2 cm³/mol. The molecule has 128 valence electrons. The van der Waals surface area contributed by atoms with Crippen LogP contribution in [0.3, 0.4) is 0 Å². The van der Waals surface area contributed by atoms with Crippen LogP contribution in [0.5, 0.6) is 0 Å². The minimum absolute atomic E-state index is 0.0370. The number of piperidine rings is 1. The predicted octanol–water partition coefficient (Wildman–Crippen LogP) is 1.06. The highest BCUT2D eigenvalue weighted by Crippen LogP contribution is 2.44. The summed E-state index contributed by atoms with van der Waals surface area (Å²) in [5.74, 6) is 2.63. The van der Waals surface area contributed by atoms with Crippen LogP contribution in [0.2, 0.25) is 0 Å². The van der Waals surface area contributed by atoms with Gasteiger partial charge in [0.25, 0.3) is 0 Å². The summed E-state index contributed by atoms with van der Waals surface area (Å²) in [6.07, 6.45) is 2.79. The molecule has 2 aliphatic heterocycles. The topological polar surface area (TPSA) is 84.3 Å². The lowest BCUT2D eigenvalue weighted by atomic mass is 9.72. The van der Waals surface area contributed by atoms with Gasteiger partial charge >= 0.3 is 0 Å². The van der Waals surface area contributed by atoms with Gasteiger partial charge in [0, 0.05) is 37.9 Å². The van der Waals surface area contributed by atoms with Crippen molar-refractivity contribution >= 4 is 5.82 Å². The quantitative estimate of drug-likeness (QED) is 0.902. The molecule has 2 saturated heterocycles. The van der Waals surface area contributed by atoms with Crippen LogP contribution in [-0.4, -0.2) is 58.2 Å². The molecule has 0 bridgehead atoms. The highest BCUT2D eigenvalue weighted by atomic mass is 16.5. The summed E-state index contributed by atoms with van der Waals surface area (Å²) in [6, 6.07) is 4.00. The van der Waals surface area contributed by atoms with Crippen LogP contribution in [0.15, 0.2) is 22.9 Å². The lowest BCUT2D eigenvalue weighted by molar-refractivity contribution is 0.118. The van der Waals surface area contributed by atoms with Crippen LogP contribution >= 0.6 is 0 Å². The van der Waals surface area contributed by atoms with Crippen molar-refractivity contribution < 1.29 is 4.52 Å². The first-order chi connectivity index (χ1) is 11.6. The first-order valence-corrected chi connectivity index (χ1v) is 8.48. The molecule has 24 heavy (non-hydrogen) atoms. The largest absolute Gasteiger partial charge is 0.383 e. The standard InChI is InChI=1S/C17H24N6O/c1-12-20-16(24-21-12)17-5-7-22(2)9-14(17)10-23(11-17)8-13-4-3-6-19-15(13)18/h3-4,6,14H,5,7-11H2,1-2H3,(H2,18,19)/t14-,17-/m1/s1. The maximum absolute atomic E-state index is 6.03. The van der Waals surface area contributed by atoms with Crippen LogP contribution in [0.4, 0.5) is 5.82 Å². The molecule has 0 spiro atoms. The first-order valence-electron chi connectivity index (χ1n) is 8.48. The summed E-state index contributed by atoms with van der Waals surface area (Å²) >= 11 is 0. The molecule has 2 atom stereocenters. The van der Waals surface area contributed by atoms with Crippen LogP contribution in [0.25, 0.3) is 0 Å². The number of nitrogen functional groups attached to an aromatic ring is 1. The van der Waals surface area contributed by atoms with Crippen LogP contribution in [0.1, 0.15) is 23.7 Å². The fraction of sp³-hybridized carbons (Fsp3) is 0.588. The Morgan fingerprint density at radius 2 is 2.29 bits per heavy atom. The molecule has 0 aromatic carbocycles. The molecule has 2 fully saturated rings. The average molecular weight is 328 g/mol. The Morgan fingerprint density at radius 1 is 1.42 bits per heavy atom. The number of nitrogens with zero attached hydrogens (tertiary/aromatic N) is 5. The van der Waals surface area contributed by atoms with Crippen molar-refractivity contribution in [2.24, 2.45) is 5.92 Å². The van der Waals surface area contributed by atoms with Gasteiger partial charge in [-0.1, -0.05) is 11.2 Å². The SMILES string of the molecule is Cc1noc([C@@]23CCN(C)C[C@@H]2CN(Cc2cccnc2N)C3)n1. The summed E-state index contributed by atoms with van der Waals surface area (Å²) in [5.41, 5.74) is 7.08. The van der Waals surface area contributed by atoms with Gasteiger partial charge in [0.05, 0.1) is 5.41 Å². The third kappa shape index (κ3) is 2.57. The van der Waals surface area contributed by atoms with Gasteiger partial charge < -0.3 is 15.2 Å². The molecule has 2 N–H and O–H groups in total. The van der Waals surface area contributed by atoms with E-state index in [4.69, 9.17) is 10.3 Å². The van der Waals surface area contributed by atoms with Gasteiger partial charge in [-0.15, -0.1) is 0 Å². The molecular weight excluding hydrogens is 304 g/mol. The Balaban J connectivity index is 1.61. The van der Waals surface area contributed by atoms with E-state index in [1.807, 2.05) is 13.0 Å². The molecule has 7 nitrogen and oxygen atoms in total. The van der Waals surface area contributed by atoms with Gasteiger partial charge in [-0.3, -0.25) is 4.90 Å². The molecule has 0 amide bonds. The van der Waals surface area contributed by atoms with Gasteiger partial charge in [-0.2, -0.15) is 4.98 Å². The molecule has 0 saturated carbocycles. The number of likely N-dealkylation sites (tertiary alicyclic amines) is 2. The zero-order valence-corrected chi connectivity index (χ0v) is 14.3. The van der Waals surface area contributed by atoms with Crippen molar-refractivity contribution in [1.29, 1.82) is 0 Å². The molecule has 2 aliphatic rings. The van der Waals surface area contributed by atoms with Crippen LogP contribution in [-0.2, 0) is 12.0 Å². The van der Waals surface area contributed by atoms with Gasteiger partial charge in [0.15, 0.2) is 5.82 Å². The van der Waals surface area contributed by atoms with Gasteiger partial charge in [-0.25, -0.2) is 4.98 Å². The number of hydrogen-bond donors (Lipinski definition) is 1. The molecule has 2 aromatic heterocycles. The van der Waals surface area contributed by atoms with Crippen LogP contribution in [0, 0.1) is 12.8 Å². The second-order valence-electron chi connectivity index (χ2n) is 7.23. The van der Waals surface area contributed by atoms with Crippen LogP contribution < -0.4 is 5.73 Å². The number of hydrogen-bond acceptors (Lipinski definition) is 7. The van der Waals surface area contributed by atoms with E-state index in [9.17, 15) is 0 Å². The minimum atomic E-state index is -0.0370. The molecule has 0 unspecified atom stereocenters. The zero-order valence-electron chi connectivity index (χ0n) is 14.3. The number of fused-ring (bicyclic) bond motifs is 1. The van der Waals surface area contributed by atoms with E-state index >= 15 is 0 Å². The van der Waals surface area contributed by atoms with E-state index in [1.165, 1.54) is 0 Å². The van der Waals surface area contributed by atoms with E-state index in [2.05, 4.69) is 38.0 Å². The van der Waals surface area contributed by atoms with Gasteiger partial charge in [-0.05, 0) is 38.9 Å². The van der Waals surface area contributed by atoms with E-state index in [-0.39, 0.29) is 5.41 Å². The first kappa shape index (κ1) is 15.5. The molecule has 2 aromatic rings. The van der Waals surface area contributed by atoms with Crippen molar-refractivity contribution in [2.75, 3.05) is 39.0 Å². The van der Waals surface area contributed by atoms with Crippen molar-refractivity contribution in [1.82, 2.24) is 24.9 Å². The molecular formula is C17H24N6O. The fourth-order valence-electron chi connectivity index (χ4n) is 4.25. The van der Waals surface area contributed by atoms with Crippen molar-refractivity contribution in [3.63, 3.8) is 0 Å². The van der Waals surface area contributed by atoms with Crippen molar-refractivity contribution in [3.8, 4) is 0 Å². The summed E-state index contributed by atoms with van der Waals surface area (Å²) in [5, 5.41) is 4.04. The number of nitrogens with two attached hydrogens (primary N) is 1. The Bertz CT molecular complexity index is 731. The summed E-state index contributed by atoms with van der Waals surface area (Å²) in [7, 11) is 2.19. The zero-order chi connectivity index (χ0) is 16.7. The minimum Gasteiger partial charge on any atom is -0.383 e. The lowest BCUT2D eigenvalue weighted by Gasteiger charge is -2.39. The Morgan fingerprint density at radius 3 is 3.04 bits per heavy atom. The highest BCUT2D eigenvalue weighted by Gasteiger charge is 2.53. The molecule has 7 heteroatoms. The number of aromatic nitrogens is 3. The summed E-state index contributed by atoms with van der Waals surface area (Å²) in [6.45, 7) is 6.76. The molecule has 4 rings (SSSR count). The molecule has 0 aliphatic carbocycles. The third-order valence-electron chi connectivity index (χ3n) is 5.51. The smallest absolute Gasteiger partial charge is 0.234 e. The maximum atomic E-state index is 6.03. The lowest BCUT2D eigenvalue weighted by Crippen LogP contribution is -2.48. The van der Waals surface area contributed by atoms with E-state index < -0.39 is 0 Å². The van der Waals surface area contributed by atoms with E-state index in [0.717, 1.165) is 50.6 Å². The van der Waals surface area contributed by atoms with Gasteiger partial charge in [0.2, 0.25) is 5.89 Å². The number of pyridine rings is 1. The average Bonchev–Trinajstić information content (AvgIpc) is 3.13. The third-order valence-corrected chi connectivity index (χ3v) is 5.51. The Hall–Kier alpha value is -1.99. The number of aryl methyl sites for hydroxylation is 1. The molecule has 4 heterocycles. The molecule has 0 radical (unpaired) electrons. The normalized spacial score (nSPS) is 28.2. The monoisotopic (exact) mass is 328 g/mol. The van der Waals surface area contributed by atoms with E-state index in [1.54, 1.807) is 6.20 Å². The second kappa shape index (κ2) is 5.82. The number of anilines is 1.